The van der Waals surface area contributed by atoms with Crippen molar-refractivity contribution in [2.45, 2.75) is 6.42 Å². The van der Waals surface area contributed by atoms with Crippen molar-refractivity contribution < 1.29 is 4.39 Å². The number of halogens is 2. The molecule has 0 aliphatic rings. The van der Waals surface area contributed by atoms with E-state index in [2.05, 4.69) is 42.0 Å². The van der Waals surface area contributed by atoms with Crippen LogP contribution in [-0.4, -0.2) is 24.6 Å². The zero-order valence-electron chi connectivity index (χ0n) is 13.8. The number of nitrogens with two attached hydrogens (primary N) is 1. The molecule has 9 heteroatoms. The normalized spacial score (nSPS) is 10.9. The van der Waals surface area contributed by atoms with E-state index in [1.54, 1.807) is 18.2 Å². The molecule has 27 heavy (non-hydrogen) atoms. The van der Waals surface area contributed by atoms with Crippen LogP contribution in [-0.2, 0) is 6.42 Å². The third kappa shape index (κ3) is 3.11. The smallest absolute Gasteiger partial charge is 0.223 e. The van der Waals surface area contributed by atoms with Crippen LogP contribution in [0.5, 0.6) is 0 Å². The van der Waals surface area contributed by atoms with Crippen molar-refractivity contribution in [2.75, 3.05) is 5.73 Å². The zero-order chi connectivity index (χ0) is 19.0. The molecule has 0 aliphatic heterocycles. The predicted octanol–water partition coefficient (Wildman–Crippen LogP) is 3.13. The fraction of sp³-hybridized carbons (Fsp3) is 0.0556. The van der Waals surface area contributed by atoms with Gasteiger partial charge in [-0.2, -0.15) is 9.78 Å². The van der Waals surface area contributed by atoms with E-state index in [0.717, 1.165) is 5.56 Å². The molecule has 0 radical (unpaired) electrons. The molecule has 0 bridgehead atoms. The van der Waals surface area contributed by atoms with Gasteiger partial charge < -0.3 is 5.73 Å². The van der Waals surface area contributed by atoms with E-state index < -0.39 is 5.82 Å². The van der Waals surface area contributed by atoms with Crippen LogP contribution in [0.15, 0.2) is 47.1 Å². The molecule has 0 unspecified atom stereocenters. The van der Waals surface area contributed by atoms with Crippen molar-refractivity contribution in [1.82, 2.24) is 24.6 Å². The van der Waals surface area contributed by atoms with Crippen LogP contribution in [0.4, 0.5) is 10.3 Å². The van der Waals surface area contributed by atoms with Crippen molar-refractivity contribution in [3.05, 3.63) is 70.0 Å². The average Bonchev–Trinajstić information content (AvgIpc) is 3.11. The lowest BCUT2D eigenvalue weighted by atomic mass is 10.1. The summed E-state index contributed by atoms with van der Waals surface area (Å²) in [6.45, 7) is 0. The van der Waals surface area contributed by atoms with Gasteiger partial charge in [-0.25, -0.2) is 14.4 Å². The molecule has 0 atom stereocenters. The maximum Gasteiger partial charge on any atom is 0.223 e. The number of fused-ring (bicyclic) bond motifs is 1. The van der Waals surface area contributed by atoms with Gasteiger partial charge in [0.1, 0.15) is 5.82 Å². The number of aromatic nitrogens is 5. The third-order valence-electron chi connectivity index (χ3n) is 3.92. The maximum atomic E-state index is 13.8. The number of nitrogens with zero attached hydrogens (tertiary/aromatic N) is 6. The highest BCUT2D eigenvalue weighted by Crippen LogP contribution is 2.31. The molecular weight excluding hydrogens is 413 g/mol. The fourth-order valence-electron chi connectivity index (χ4n) is 2.67. The molecule has 1 aromatic carbocycles. The van der Waals surface area contributed by atoms with Crippen LogP contribution in [0.25, 0.3) is 16.9 Å². The number of nitrogen functional groups attached to an aromatic ring is 1. The minimum atomic E-state index is -0.421. The molecule has 4 rings (SSSR count). The number of rotatable bonds is 3. The molecule has 0 amide bonds. The van der Waals surface area contributed by atoms with Crippen molar-refractivity contribution in [1.29, 1.82) is 5.26 Å². The Morgan fingerprint density at radius 3 is 2.85 bits per heavy atom. The Morgan fingerprint density at radius 2 is 2.07 bits per heavy atom. The zero-order valence-corrected chi connectivity index (χ0v) is 15.4. The predicted molar refractivity (Wildman–Crippen MR) is 100 cm³/mol. The quantitative estimate of drug-likeness (QED) is 0.542. The van der Waals surface area contributed by atoms with E-state index in [9.17, 15) is 4.39 Å². The van der Waals surface area contributed by atoms with Gasteiger partial charge in [-0.05, 0) is 40.2 Å². The second-order valence-electron chi connectivity index (χ2n) is 5.70. The van der Waals surface area contributed by atoms with Gasteiger partial charge in [0.05, 0.1) is 33.9 Å². The summed E-state index contributed by atoms with van der Waals surface area (Å²) in [5.41, 5.74) is 8.51. The molecule has 4 aromatic rings. The summed E-state index contributed by atoms with van der Waals surface area (Å²) in [5.74, 6) is 0.0751. The minimum absolute atomic E-state index is 0.124. The number of hydrogen-bond donors (Lipinski definition) is 1. The van der Waals surface area contributed by atoms with Crippen molar-refractivity contribution in [2.24, 2.45) is 0 Å². The maximum absolute atomic E-state index is 13.8. The first-order valence-electron chi connectivity index (χ1n) is 7.87. The molecule has 7 nitrogen and oxygen atoms in total. The minimum Gasteiger partial charge on any atom is -0.368 e. The molecule has 3 heterocycles. The Balaban J connectivity index is 1.82. The van der Waals surface area contributed by atoms with Crippen LogP contribution < -0.4 is 5.73 Å². The van der Waals surface area contributed by atoms with Gasteiger partial charge in [0.2, 0.25) is 5.95 Å². The topological polar surface area (TPSA) is 106 Å². The number of nitriles is 1. The molecule has 0 aliphatic carbocycles. The van der Waals surface area contributed by atoms with E-state index in [-0.39, 0.29) is 18.1 Å². The molecule has 0 saturated carbocycles. The molecule has 0 saturated heterocycles. The van der Waals surface area contributed by atoms with Crippen LogP contribution in [0.3, 0.4) is 0 Å². The Bertz CT molecular complexity index is 1210. The molecule has 132 valence electrons. The highest BCUT2D eigenvalue weighted by atomic mass is 79.9. The first-order chi connectivity index (χ1) is 13.1. The third-order valence-corrected chi connectivity index (χ3v) is 4.65. The summed E-state index contributed by atoms with van der Waals surface area (Å²) in [7, 11) is 0. The number of anilines is 1. The summed E-state index contributed by atoms with van der Waals surface area (Å²) in [6, 6.07) is 12.0. The van der Waals surface area contributed by atoms with E-state index in [1.807, 2.05) is 6.07 Å². The number of hydrogen-bond acceptors (Lipinski definition) is 6. The van der Waals surface area contributed by atoms with Crippen LogP contribution >= 0.6 is 15.9 Å². The molecule has 0 fully saturated rings. The van der Waals surface area contributed by atoms with Gasteiger partial charge in [-0.15, -0.1) is 5.10 Å². The standard InChI is InChI=1S/C18H11BrFN7/c19-15-16(11-4-1-3-10(7-11)9-21)25-18(22)27-17(15)24-14(26-27)8-13-12(20)5-2-6-23-13/h1-7H,8H2,(H2,22,25). The van der Waals surface area contributed by atoms with E-state index in [1.165, 1.54) is 22.8 Å². The Hall–Kier alpha value is -3.38. The highest BCUT2D eigenvalue weighted by molar-refractivity contribution is 9.10. The van der Waals surface area contributed by atoms with E-state index in [4.69, 9.17) is 11.0 Å². The number of benzene rings is 1. The van der Waals surface area contributed by atoms with E-state index in [0.29, 0.717) is 27.2 Å². The largest absolute Gasteiger partial charge is 0.368 e. The van der Waals surface area contributed by atoms with Gasteiger partial charge in [-0.1, -0.05) is 12.1 Å². The van der Waals surface area contributed by atoms with Gasteiger partial charge >= 0.3 is 0 Å². The van der Waals surface area contributed by atoms with Gasteiger partial charge in [0.25, 0.3) is 0 Å². The Labute approximate surface area is 161 Å². The molecular formula is C18H11BrFN7. The van der Waals surface area contributed by atoms with Gasteiger partial charge in [0.15, 0.2) is 11.5 Å². The fourth-order valence-corrected chi connectivity index (χ4v) is 3.25. The first-order valence-corrected chi connectivity index (χ1v) is 8.66. The average molecular weight is 424 g/mol. The van der Waals surface area contributed by atoms with Crippen molar-refractivity contribution in [3.63, 3.8) is 0 Å². The van der Waals surface area contributed by atoms with Crippen LogP contribution in [0.2, 0.25) is 0 Å². The molecule has 0 spiro atoms. The number of pyridine rings is 1. The summed E-state index contributed by atoms with van der Waals surface area (Å²) in [4.78, 5) is 12.8. The van der Waals surface area contributed by atoms with Gasteiger partial charge in [0, 0.05) is 11.8 Å². The summed E-state index contributed by atoms with van der Waals surface area (Å²) >= 11 is 3.50. The van der Waals surface area contributed by atoms with Crippen molar-refractivity contribution >= 4 is 27.5 Å². The lowest BCUT2D eigenvalue weighted by Gasteiger charge is -2.07. The first kappa shape index (κ1) is 17.1. The Morgan fingerprint density at radius 1 is 1.22 bits per heavy atom. The molecule has 2 N–H and O–H groups in total. The Kier molecular flexibility index (Phi) is 4.25. The second-order valence-corrected chi connectivity index (χ2v) is 6.49. The lowest BCUT2D eigenvalue weighted by Crippen LogP contribution is -2.05. The summed E-state index contributed by atoms with van der Waals surface area (Å²) in [6.07, 6.45) is 1.64. The lowest BCUT2D eigenvalue weighted by molar-refractivity contribution is 0.601. The van der Waals surface area contributed by atoms with Crippen LogP contribution in [0, 0.1) is 17.1 Å². The monoisotopic (exact) mass is 423 g/mol. The second kappa shape index (κ2) is 6.74. The molecule has 3 aromatic heterocycles. The SMILES string of the molecule is N#Cc1cccc(-c2nc(N)n3nc(Cc4ncccc4F)nc3c2Br)c1. The van der Waals surface area contributed by atoms with Crippen LogP contribution in [0.1, 0.15) is 17.1 Å². The summed E-state index contributed by atoms with van der Waals surface area (Å²) < 4.78 is 15.8. The van der Waals surface area contributed by atoms with Crippen molar-refractivity contribution in [3.8, 4) is 17.3 Å². The summed E-state index contributed by atoms with van der Waals surface area (Å²) in [5, 5.41) is 13.4. The highest BCUT2D eigenvalue weighted by Gasteiger charge is 2.18. The van der Waals surface area contributed by atoms with Gasteiger partial charge in [-0.3, -0.25) is 4.98 Å². The van der Waals surface area contributed by atoms with E-state index >= 15 is 0 Å².